The molecule has 0 heterocycles. The summed E-state index contributed by atoms with van der Waals surface area (Å²) in [6.45, 7) is -0.173. The third kappa shape index (κ3) is 6.27. The van der Waals surface area contributed by atoms with Gasteiger partial charge in [-0.05, 0) is 6.42 Å². The molecule has 0 aliphatic rings. The topological polar surface area (TPSA) is 83.5 Å². The van der Waals surface area contributed by atoms with Gasteiger partial charge in [-0.2, -0.15) is 0 Å². The fourth-order valence-electron chi connectivity index (χ4n) is 0.263. The van der Waals surface area contributed by atoms with Gasteiger partial charge in [0.05, 0.1) is 0 Å². The maximum atomic E-state index is 9.85. The van der Waals surface area contributed by atoms with Gasteiger partial charge in [-0.25, -0.2) is 0 Å². The van der Waals surface area contributed by atoms with E-state index >= 15 is 0 Å². The van der Waals surface area contributed by atoms with Gasteiger partial charge in [0.15, 0.2) is 0 Å². The molecule has 9 heavy (non-hydrogen) atoms. The molecule has 0 saturated heterocycles. The van der Waals surface area contributed by atoms with E-state index in [0.717, 1.165) is 0 Å². The summed E-state index contributed by atoms with van der Waals surface area (Å²) in [5.41, 5.74) is 4.97. The van der Waals surface area contributed by atoms with Crippen LogP contribution < -0.4 is 35.3 Å². The first kappa shape index (κ1) is 12.1. The van der Waals surface area contributed by atoms with Crippen LogP contribution in [0.1, 0.15) is 7.85 Å². The minimum atomic E-state index is -1.07. The van der Waals surface area contributed by atoms with Crippen molar-refractivity contribution in [1.29, 1.82) is 0 Å². The number of hydrogen-bond acceptors (Lipinski definition) is 3. The van der Waals surface area contributed by atoms with Gasteiger partial charge in [-0.3, -0.25) is 4.79 Å². The predicted octanol–water partition coefficient (Wildman–Crippen LogP) is -4.10. The third-order valence-corrected chi connectivity index (χ3v) is 0.757. The third-order valence-electron chi connectivity index (χ3n) is 0.757. The molecule has 50 valence electrons. The van der Waals surface area contributed by atoms with Crippen molar-refractivity contribution in [2.45, 2.75) is 12.5 Å². The fraction of sp³-hybridized carbons (Fsp3) is 0.750. The number of aliphatic hydroxyl groups excluding tert-OH is 1. The maximum absolute atomic E-state index is 9.85. The van der Waals surface area contributed by atoms with Crippen molar-refractivity contribution in [2.75, 3.05) is 6.61 Å². The molecular weight excluding hydrogens is 133 g/mol. The molecule has 0 aliphatic heterocycles. The Balaban J connectivity index is -0.000000245. The zero-order valence-electron chi connectivity index (χ0n) is 6.37. The van der Waals surface area contributed by atoms with Crippen molar-refractivity contribution >= 4 is 5.97 Å². The van der Waals surface area contributed by atoms with Gasteiger partial charge in [0.2, 0.25) is 0 Å². The van der Waals surface area contributed by atoms with Crippen molar-refractivity contribution in [3.05, 3.63) is 0 Å². The average molecular weight is 143 g/mol. The second kappa shape index (κ2) is 6.51. The molecule has 0 fully saturated rings. The van der Waals surface area contributed by atoms with Crippen molar-refractivity contribution < 1.29 is 46.0 Å². The Morgan fingerprint density at radius 3 is 2.33 bits per heavy atom. The van der Waals surface area contributed by atoms with E-state index in [-0.39, 0.29) is 44.0 Å². The standard InChI is InChI=1S/C4H9NO3.Na.H/c5-3(1-2-6)4(7)8;;/h3,6H,1-2,5H2,(H,7,8);;/q;+1;-1. The summed E-state index contributed by atoms with van der Waals surface area (Å²) in [6.07, 6.45) is 0.120. The van der Waals surface area contributed by atoms with Crippen LogP contribution in [0, 0.1) is 0 Å². The number of hydrogen-bond donors (Lipinski definition) is 3. The van der Waals surface area contributed by atoms with Crippen LogP contribution >= 0.6 is 0 Å². The molecule has 0 aromatic rings. The Bertz CT molecular complexity index is 92.6. The summed E-state index contributed by atoms with van der Waals surface area (Å²) in [5.74, 6) is -1.07. The van der Waals surface area contributed by atoms with Crippen LogP contribution in [0.5, 0.6) is 0 Å². The average Bonchev–Trinajstić information content (AvgIpc) is 1.67. The minimum Gasteiger partial charge on any atom is -1.00 e. The summed E-state index contributed by atoms with van der Waals surface area (Å²) in [5, 5.41) is 16.2. The number of aliphatic hydroxyl groups is 1. The normalized spacial score (nSPS) is 11.8. The Labute approximate surface area is 76.8 Å². The van der Waals surface area contributed by atoms with Crippen molar-refractivity contribution in [1.82, 2.24) is 0 Å². The van der Waals surface area contributed by atoms with Crippen LogP contribution in [0.2, 0.25) is 0 Å². The second-order valence-electron chi connectivity index (χ2n) is 1.46. The van der Waals surface area contributed by atoms with Gasteiger partial charge < -0.3 is 17.4 Å². The number of carbonyl (C=O) groups is 1. The quantitative estimate of drug-likeness (QED) is 0.351. The molecule has 0 saturated carbocycles. The zero-order valence-corrected chi connectivity index (χ0v) is 7.37. The molecule has 4 N–H and O–H groups in total. The molecular formula is C4H10NNaO3. The van der Waals surface area contributed by atoms with E-state index in [1.54, 1.807) is 0 Å². The Morgan fingerprint density at radius 2 is 2.22 bits per heavy atom. The molecule has 0 radical (unpaired) electrons. The van der Waals surface area contributed by atoms with Crippen LogP contribution in [-0.4, -0.2) is 28.8 Å². The first-order chi connectivity index (χ1) is 3.68. The molecule has 0 spiro atoms. The van der Waals surface area contributed by atoms with Gasteiger partial charge in [-0.1, -0.05) is 0 Å². The SMILES string of the molecule is NC(CCO)C(=O)O.[H-].[Na+]. The number of rotatable bonds is 3. The molecule has 0 aliphatic carbocycles. The Hall–Kier alpha value is 0.390. The van der Waals surface area contributed by atoms with Crippen LogP contribution in [0.3, 0.4) is 0 Å². The molecule has 4 nitrogen and oxygen atoms in total. The van der Waals surface area contributed by atoms with E-state index in [1.807, 2.05) is 0 Å². The molecule has 0 bridgehead atoms. The van der Waals surface area contributed by atoms with E-state index in [0.29, 0.717) is 0 Å². The summed E-state index contributed by atoms with van der Waals surface area (Å²) in [7, 11) is 0. The minimum absolute atomic E-state index is 0. The van der Waals surface area contributed by atoms with Crippen molar-refractivity contribution in [2.24, 2.45) is 5.73 Å². The molecule has 0 aromatic heterocycles. The number of aliphatic carboxylic acids is 1. The van der Waals surface area contributed by atoms with Gasteiger partial charge in [0.25, 0.3) is 0 Å². The van der Waals surface area contributed by atoms with Gasteiger partial charge in [0, 0.05) is 6.61 Å². The summed E-state index contributed by atoms with van der Waals surface area (Å²) < 4.78 is 0. The zero-order chi connectivity index (χ0) is 6.57. The van der Waals surface area contributed by atoms with Gasteiger partial charge in [-0.15, -0.1) is 0 Å². The Morgan fingerprint density at radius 1 is 1.78 bits per heavy atom. The first-order valence-electron chi connectivity index (χ1n) is 2.27. The van der Waals surface area contributed by atoms with Crippen LogP contribution in [0.4, 0.5) is 0 Å². The monoisotopic (exact) mass is 143 g/mol. The molecule has 0 amide bonds. The van der Waals surface area contributed by atoms with E-state index in [1.165, 1.54) is 0 Å². The molecule has 1 atom stereocenters. The van der Waals surface area contributed by atoms with E-state index < -0.39 is 12.0 Å². The predicted molar refractivity (Wildman–Crippen MR) is 28.4 cm³/mol. The summed E-state index contributed by atoms with van der Waals surface area (Å²) in [6, 6.07) is -0.917. The Kier molecular flexibility index (Phi) is 8.75. The molecule has 0 rings (SSSR count). The fourth-order valence-corrected chi connectivity index (χ4v) is 0.263. The van der Waals surface area contributed by atoms with Crippen LogP contribution in [0.15, 0.2) is 0 Å². The maximum Gasteiger partial charge on any atom is 1.00 e. The smallest absolute Gasteiger partial charge is 1.00 e. The van der Waals surface area contributed by atoms with Crippen molar-refractivity contribution in [3.8, 4) is 0 Å². The first-order valence-corrected chi connectivity index (χ1v) is 2.27. The van der Waals surface area contributed by atoms with Gasteiger partial charge >= 0.3 is 35.5 Å². The van der Waals surface area contributed by atoms with E-state index in [9.17, 15) is 4.79 Å². The largest absolute Gasteiger partial charge is 1.00 e. The second-order valence-corrected chi connectivity index (χ2v) is 1.46. The number of carboxylic acid groups (broad SMARTS) is 1. The summed E-state index contributed by atoms with van der Waals surface area (Å²) >= 11 is 0. The van der Waals surface area contributed by atoms with Gasteiger partial charge in [0.1, 0.15) is 6.04 Å². The van der Waals surface area contributed by atoms with Crippen LogP contribution in [0.25, 0.3) is 0 Å². The molecule has 5 heteroatoms. The number of nitrogens with two attached hydrogens (primary N) is 1. The number of carboxylic acids is 1. The molecule has 0 aromatic carbocycles. The molecule has 1 unspecified atom stereocenters. The van der Waals surface area contributed by atoms with Crippen LogP contribution in [-0.2, 0) is 4.79 Å². The van der Waals surface area contributed by atoms with Crippen molar-refractivity contribution in [3.63, 3.8) is 0 Å². The summed E-state index contributed by atoms with van der Waals surface area (Å²) in [4.78, 5) is 9.85. The van der Waals surface area contributed by atoms with E-state index in [2.05, 4.69) is 0 Å². The van der Waals surface area contributed by atoms with E-state index in [4.69, 9.17) is 15.9 Å².